The highest BCUT2D eigenvalue weighted by atomic mass is 16.5. The molecule has 1 saturated heterocycles. The van der Waals surface area contributed by atoms with Crippen LogP contribution in [0.4, 0.5) is 4.79 Å². The number of carbonyl (C=O) groups excluding carboxylic acids is 4. The van der Waals surface area contributed by atoms with Crippen LogP contribution in [0, 0.1) is 11.8 Å². The summed E-state index contributed by atoms with van der Waals surface area (Å²) in [5, 5.41) is 5.43. The number of rotatable bonds is 7. The van der Waals surface area contributed by atoms with E-state index in [4.69, 9.17) is 4.74 Å². The topological polar surface area (TPSA) is 105 Å². The normalized spacial score (nSPS) is 25.5. The SMILES string of the molecule is CC(C)CCNC(=O)COC(=O)CN1C(=O)N[C@@]2(CCCC[C@H]2C)C1=O. The van der Waals surface area contributed by atoms with Crippen molar-refractivity contribution in [2.45, 2.75) is 58.4 Å². The van der Waals surface area contributed by atoms with Gasteiger partial charge in [0.2, 0.25) is 0 Å². The Morgan fingerprint density at radius 1 is 1.35 bits per heavy atom. The molecule has 1 aliphatic heterocycles. The smallest absolute Gasteiger partial charge is 0.326 e. The Balaban J connectivity index is 1.82. The van der Waals surface area contributed by atoms with Crippen LogP contribution in [0.2, 0.25) is 0 Å². The Hall–Kier alpha value is -2.12. The van der Waals surface area contributed by atoms with Gasteiger partial charge in [0.1, 0.15) is 12.1 Å². The van der Waals surface area contributed by atoms with E-state index in [-0.39, 0.29) is 11.8 Å². The van der Waals surface area contributed by atoms with Crippen molar-refractivity contribution in [1.29, 1.82) is 0 Å². The Kier molecular flexibility index (Phi) is 6.61. The first kappa shape index (κ1) is 20.2. The summed E-state index contributed by atoms with van der Waals surface area (Å²) in [7, 11) is 0. The number of amides is 4. The molecule has 0 aromatic rings. The monoisotopic (exact) mass is 367 g/mol. The molecule has 26 heavy (non-hydrogen) atoms. The minimum Gasteiger partial charge on any atom is -0.454 e. The van der Waals surface area contributed by atoms with Gasteiger partial charge < -0.3 is 15.4 Å². The second kappa shape index (κ2) is 8.51. The number of carbonyl (C=O) groups is 4. The fraction of sp³-hybridized carbons (Fsp3) is 0.778. The van der Waals surface area contributed by atoms with Crippen molar-refractivity contribution in [2.24, 2.45) is 11.8 Å². The van der Waals surface area contributed by atoms with Crippen LogP contribution in [0.3, 0.4) is 0 Å². The standard InChI is InChI=1S/C18H29N3O5/c1-12(2)7-9-19-14(22)11-26-15(23)10-21-16(24)18(20-17(21)25)8-5-4-6-13(18)3/h12-13H,4-11H2,1-3H3,(H,19,22)(H,20,25)/t13-,18-/m1/s1. The third-order valence-electron chi connectivity index (χ3n) is 5.20. The lowest BCUT2D eigenvalue weighted by Crippen LogP contribution is -2.54. The van der Waals surface area contributed by atoms with Crippen LogP contribution in [0.25, 0.3) is 0 Å². The molecule has 1 heterocycles. The molecule has 0 unspecified atom stereocenters. The van der Waals surface area contributed by atoms with Crippen LogP contribution in [0.5, 0.6) is 0 Å². The first-order valence-corrected chi connectivity index (χ1v) is 9.32. The number of nitrogens with zero attached hydrogens (tertiary/aromatic N) is 1. The molecule has 146 valence electrons. The number of nitrogens with one attached hydrogen (secondary N) is 2. The van der Waals surface area contributed by atoms with Gasteiger partial charge >= 0.3 is 12.0 Å². The van der Waals surface area contributed by atoms with Crippen LogP contribution in [0.15, 0.2) is 0 Å². The molecule has 1 saturated carbocycles. The molecule has 2 N–H and O–H groups in total. The number of esters is 1. The fourth-order valence-corrected chi connectivity index (χ4v) is 3.51. The van der Waals surface area contributed by atoms with Crippen LogP contribution in [-0.2, 0) is 19.1 Å². The molecule has 1 spiro atoms. The summed E-state index contributed by atoms with van der Waals surface area (Å²) in [6.45, 7) is 5.66. The molecule has 8 heteroatoms. The highest BCUT2D eigenvalue weighted by Gasteiger charge is 2.55. The zero-order valence-electron chi connectivity index (χ0n) is 15.8. The molecular formula is C18H29N3O5. The largest absolute Gasteiger partial charge is 0.454 e. The van der Waals surface area contributed by atoms with Crippen molar-refractivity contribution in [1.82, 2.24) is 15.5 Å². The second-order valence-electron chi connectivity index (χ2n) is 7.63. The van der Waals surface area contributed by atoms with Crippen molar-refractivity contribution in [3.63, 3.8) is 0 Å². The van der Waals surface area contributed by atoms with E-state index < -0.39 is 36.6 Å². The molecule has 4 amide bonds. The molecule has 2 rings (SSSR count). The molecule has 0 aromatic carbocycles. The van der Waals surface area contributed by atoms with Gasteiger partial charge in [0.05, 0.1) is 0 Å². The van der Waals surface area contributed by atoms with Gasteiger partial charge in [-0.25, -0.2) is 4.79 Å². The van der Waals surface area contributed by atoms with Gasteiger partial charge in [0, 0.05) is 6.54 Å². The highest BCUT2D eigenvalue weighted by molar-refractivity contribution is 6.09. The zero-order chi connectivity index (χ0) is 19.3. The second-order valence-corrected chi connectivity index (χ2v) is 7.63. The van der Waals surface area contributed by atoms with E-state index in [1.807, 2.05) is 20.8 Å². The molecule has 2 fully saturated rings. The van der Waals surface area contributed by atoms with E-state index in [0.29, 0.717) is 18.9 Å². The Morgan fingerprint density at radius 3 is 2.73 bits per heavy atom. The predicted molar refractivity (Wildman–Crippen MR) is 94.0 cm³/mol. The summed E-state index contributed by atoms with van der Waals surface area (Å²) in [5.41, 5.74) is -0.899. The number of hydrogen-bond donors (Lipinski definition) is 2. The van der Waals surface area contributed by atoms with Crippen molar-refractivity contribution in [2.75, 3.05) is 19.7 Å². The van der Waals surface area contributed by atoms with E-state index in [2.05, 4.69) is 10.6 Å². The van der Waals surface area contributed by atoms with Gasteiger partial charge in [-0.15, -0.1) is 0 Å². The van der Waals surface area contributed by atoms with Gasteiger partial charge in [0.15, 0.2) is 6.61 Å². The molecule has 0 radical (unpaired) electrons. The summed E-state index contributed by atoms with van der Waals surface area (Å²) >= 11 is 0. The Bertz CT molecular complexity index is 577. The van der Waals surface area contributed by atoms with E-state index in [1.165, 1.54) is 0 Å². The maximum Gasteiger partial charge on any atom is 0.326 e. The average molecular weight is 367 g/mol. The van der Waals surface area contributed by atoms with Gasteiger partial charge in [-0.2, -0.15) is 0 Å². The lowest BCUT2D eigenvalue weighted by molar-refractivity contribution is -0.151. The lowest BCUT2D eigenvalue weighted by Gasteiger charge is -2.36. The summed E-state index contributed by atoms with van der Waals surface area (Å²) in [6.07, 6.45) is 4.18. The fourth-order valence-electron chi connectivity index (χ4n) is 3.51. The maximum atomic E-state index is 12.7. The first-order valence-electron chi connectivity index (χ1n) is 9.32. The lowest BCUT2D eigenvalue weighted by atomic mass is 9.73. The van der Waals surface area contributed by atoms with E-state index in [1.54, 1.807) is 0 Å². The van der Waals surface area contributed by atoms with Crippen molar-refractivity contribution in [3.05, 3.63) is 0 Å². The zero-order valence-corrected chi connectivity index (χ0v) is 15.8. The predicted octanol–water partition coefficient (Wildman–Crippen LogP) is 1.19. The molecule has 1 aliphatic carbocycles. The third-order valence-corrected chi connectivity index (χ3v) is 5.20. The van der Waals surface area contributed by atoms with E-state index >= 15 is 0 Å². The van der Waals surface area contributed by atoms with Gasteiger partial charge in [-0.1, -0.05) is 33.6 Å². The van der Waals surface area contributed by atoms with Crippen LogP contribution in [-0.4, -0.2) is 54.0 Å². The first-order chi connectivity index (χ1) is 12.3. The third kappa shape index (κ3) is 4.53. The van der Waals surface area contributed by atoms with Gasteiger partial charge in [-0.05, 0) is 31.1 Å². The number of hydrogen-bond acceptors (Lipinski definition) is 5. The summed E-state index contributed by atoms with van der Waals surface area (Å²) in [5.74, 6) is -1.04. The quantitative estimate of drug-likeness (QED) is 0.519. The van der Waals surface area contributed by atoms with E-state index in [9.17, 15) is 19.2 Å². The Morgan fingerprint density at radius 2 is 2.08 bits per heavy atom. The van der Waals surface area contributed by atoms with Crippen LogP contribution in [0.1, 0.15) is 52.9 Å². The summed E-state index contributed by atoms with van der Waals surface area (Å²) in [4.78, 5) is 49.4. The average Bonchev–Trinajstić information content (AvgIpc) is 2.80. The van der Waals surface area contributed by atoms with Crippen molar-refractivity contribution in [3.8, 4) is 0 Å². The van der Waals surface area contributed by atoms with Crippen LogP contribution >= 0.6 is 0 Å². The number of urea groups is 1. The summed E-state index contributed by atoms with van der Waals surface area (Å²) in [6, 6.07) is -0.568. The molecule has 0 aromatic heterocycles. The highest BCUT2D eigenvalue weighted by Crippen LogP contribution is 2.38. The maximum absolute atomic E-state index is 12.7. The number of ether oxygens (including phenoxy) is 1. The minimum atomic E-state index is -0.899. The molecule has 2 atom stereocenters. The molecule has 2 aliphatic rings. The van der Waals surface area contributed by atoms with Crippen molar-refractivity contribution >= 4 is 23.8 Å². The molecule has 0 bridgehead atoms. The molecular weight excluding hydrogens is 338 g/mol. The van der Waals surface area contributed by atoms with Gasteiger partial charge in [0.25, 0.3) is 11.8 Å². The van der Waals surface area contributed by atoms with Gasteiger partial charge in [-0.3, -0.25) is 19.3 Å². The van der Waals surface area contributed by atoms with Crippen molar-refractivity contribution < 1.29 is 23.9 Å². The van der Waals surface area contributed by atoms with Crippen LogP contribution < -0.4 is 10.6 Å². The Labute approximate surface area is 154 Å². The molecule has 8 nitrogen and oxygen atoms in total. The minimum absolute atomic E-state index is 0.0282. The van der Waals surface area contributed by atoms with E-state index in [0.717, 1.165) is 30.6 Å². The summed E-state index contributed by atoms with van der Waals surface area (Å²) < 4.78 is 4.90. The number of imide groups is 1.